The molecule has 3 rings (SSSR count). The average Bonchev–Trinajstić information content (AvgIpc) is 3.19. The lowest BCUT2D eigenvalue weighted by atomic mass is 9.80. The van der Waals surface area contributed by atoms with Gasteiger partial charge in [-0.3, -0.25) is 9.89 Å². The Morgan fingerprint density at radius 2 is 2.00 bits per heavy atom. The summed E-state index contributed by atoms with van der Waals surface area (Å²) < 4.78 is 5.58. The molecule has 0 bridgehead atoms. The Balaban J connectivity index is 1.55. The molecule has 1 aliphatic carbocycles. The molecule has 0 amide bonds. The second-order valence-corrected chi connectivity index (χ2v) is 8.52. The molecular weight excluding hydrogens is 360 g/mol. The highest BCUT2D eigenvalue weighted by Gasteiger charge is 2.38. The molecule has 0 spiro atoms. The lowest BCUT2D eigenvalue weighted by Gasteiger charge is -2.48. The van der Waals surface area contributed by atoms with Gasteiger partial charge in [-0.2, -0.15) is 0 Å². The van der Waals surface area contributed by atoms with Crippen molar-refractivity contribution in [2.75, 3.05) is 58.9 Å². The van der Waals surface area contributed by atoms with Gasteiger partial charge in [-0.05, 0) is 12.8 Å². The van der Waals surface area contributed by atoms with Gasteiger partial charge in [0.15, 0.2) is 11.1 Å². The zero-order valence-electron chi connectivity index (χ0n) is 17.0. The molecule has 1 aromatic rings. The Hall–Kier alpha value is -1.38. The lowest BCUT2D eigenvalue weighted by molar-refractivity contribution is -0.0352. The third-order valence-corrected chi connectivity index (χ3v) is 6.69. The minimum atomic E-state index is 0.234. The number of ether oxygens (including phenoxy) is 1. The maximum absolute atomic E-state index is 5.58. The van der Waals surface area contributed by atoms with E-state index in [1.807, 2.05) is 26.0 Å². The second-order valence-electron chi connectivity index (χ2n) is 7.68. The van der Waals surface area contributed by atoms with Crippen molar-refractivity contribution in [2.24, 2.45) is 4.99 Å². The van der Waals surface area contributed by atoms with Gasteiger partial charge in [0.1, 0.15) is 0 Å². The SMILES string of the molecule is CN=C(NCc1csc(N(C)C)n1)NCC1(N2CCOCC2)CCCCC1. The van der Waals surface area contributed by atoms with E-state index in [-0.39, 0.29) is 5.54 Å². The molecule has 0 aromatic carbocycles. The number of thiazole rings is 1. The zero-order valence-corrected chi connectivity index (χ0v) is 17.8. The summed E-state index contributed by atoms with van der Waals surface area (Å²) >= 11 is 1.67. The molecule has 7 nitrogen and oxygen atoms in total. The van der Waals surface area contributed by atoms with Crippen LogP contribution in [0.25, 0.3) is 0 Å². The fourth-order valence-corrected chi connectivity index (χ4v) is 4.84. The van der Waals surface area contributed by atoms with Gasteiger partial charge in [-0.1, -0.05) is 19.3 Å². The number of hydrogen-bond acceptors (Lipinski definition) is 6. The predicted octanol–water partition coefficient (Wildman–Crippen LogP) is 1.91. The molecule has 8 heteroatoms. The van der Waals surface area contributed by atoms with Crippen molar-refractivity contribution < 1.29 is 4.74 Å². The van der Waals surface area contributed by atoms with Gasteiger partial charge in [0.25, 0.3) is 0 Å². The van der Waals surface area contributed by atoms with Crippen molar-refractivity contribution in [1.82, 2.24) is 20.5 Å². The van der Waals surface area contributed by atoms with E-state index < -0.39 is 0 Å². The lowest BCUT2D eigenvalue weighted by Crippen LogP contribution is -2.60. The first kappa shape index (κ1) is 20.4. The topological polar surface area (TPSA) is 65.0 Å². The van der Waals surface area contributed by atoms with Crippen LogP contribution in [-0.2, 0) is 11.3 Å². The van der Waals surface area contributed by atoms with Gasteiger partial charge in [-0.15, -0.1) is 11.3 Å². The first-order chi connectivity index (χ1) is 13.1. The number of guanidine groups is 1. The van der Waals surface area contributed by atoms with E-state index in [0.717, 1.165) is 49.6 Å². The van der Waals surface area contributed by atoms with E-state index in [2.05, 4.69) is 30.9 Å². The maximum Gasteiger partial charge on any atom is 0.191 e. The molecule has 2 aliphatic rings. The Labute approximate surface area is 167 Å². The Kier molecular flexibility index (Phi) is 7.32. The minimum absolute atomic E-state index is 0.234. The van der Waals surface area contributed by atoms with Gasteiger partial charge in [-0.25, -0.2) is 4.98 Å². The number of nitrogens with zero attached hydrogens (tertiary/aromatic N) is 4. The maximum atomic E-state index is 5.58. The molecule has 27 heavy (non-hydrogen) atoms. The van der Waals surface area contributed by atoms with Gasteiger partial charge < -0.3 is 20.3 Å². The van der Waals surface area contributed by atoms with Gasteiger partial charge in [0.05, 0.1) is 25.5 Å². The molecule has 2 N–H and O–H groups in total. The Morgan fingerprint density at radius 1 is 1.26 bits per heavy atom. The summed E-state index contributed by atoms with van der Waals surface area (Å²) in [5.41, 5.74) is 1.28. The second kappa shape index (κ2) is 9.71. The number of aliphatic imine (C=N–C) groups is 1. The Morgan fingerprint density at radius 3 is 2.63 bits per heavy atom. The third kappa shape index (κ3) is 5.33. The van der Waals surface area contributed by atoms with Crippen LogP contribution in [0.4, 0.5) is 5.13 Å². The van der Waals surface area contributed by atoms with Crippen LogP contribution >= 0.6 is 11.3 Å². The van der Waals surface area contributed by atoms with Crippen LogP contribution in [0.2, 0.25) is 0 Å². The van der Waals surface area contributed by atoms with Crippen molar-refractivity contribution in [3.63, 3.8) is 0 Å². The van der Waals surface area contributed by atoms with E-state index in [9.17, 15) is 0 Å². The summed E-state index contributed by atoms with van der Waals surface area (Å²) in [6.45, 7) is 5.42. The normalized spacial score (nSPS) is 21.1. The van der Waals surface area contributed by atoms with Crippen LogP contribution in [0, 0.1) is 0 Å². The van der Waals surface area contributed by atoms with Crippen molar-refractivity contribution >= 4 is 22.4 Å². The average molecular weight is 395 g/mol. The predicted molar refractivity (Wildman–Crippen MR) is 113 cm³/mol. The molecule has 2 fully saturated rings. The van der Waals surface area contributed by atoms with Crippen molar-refractivity contribution in [1.29, 1.82) is 0 Å². The standard InChI is InChI=1S/C19H34N6OS/c1-20-17(21-13-16-14-27-18(23-16)24(2)3)22-15-19(7-5-4-6-8-19)25-9-11-26-12-10-25/h14H,4-13,15H2,1-3H3,(H2,20,21,22). The van der Waals surface area contributed by atoms with Crippen molar-refractivity contribution in [3.05, 3.63) is 11.1 Å². The third-order valence-electron chi connectivity index (χ3n) is 5.63. The van der Waals surface area contributed by atoms with Gasteiger partial charge >= 0.3 is 0 Å². The number of hydrogen-bond donors (Lipinski definition) is 2. The molecule has 152 valence electrons. The summed E-state index contributed by atoms with van der Waals surface area (Å²) in [4.78, 5) is 13.7. The van der Waals surface area contributed by atoms with E-state index in [1.165, 1.54) is 32.1 Å². The first-order valence-corrected chi connectivity index (χ1v) is 10.9. The summed E-state index contributed by atoms with van der Waals surface area (Å²) in [7, 11) is 5.88. The van der Waals surface area contributed by atoms with E-state index in [1.54, 1.807) is 11.3 Å². The Bertz CT molecular complexity index is 605. The smallest absolute Gasteiger partial charge is 0.191 e. The molecule has 0 radical (unpaired) electrons. The number of aromatic nitrogens is 1. The molecule has 1 saturated carbocycles. The molecule has 1 aromatic heterocycles. The number of anilines is 1. The van der Waals surface area contributed by atoms with Crippen molar-refractivity contribution in [3.8, 4) is 0 Å². The highest BCUT2D eigenvalue weighted by atomic mass is 32.1. The zero-order chi connectivity index (χ0) is 19.1. The van der Waals surface area contributed by atoms with Crippen molar-refractivity contribution in [2.45, 2.75) is 44.2 Å². The monoisotopic (exact) mass is 394 g/mol. The fraction of sp³-hybridized carbons (Fsp3) is 0.789. The van der Waals surface area contributed by atoms with E-state index in [4.69, 9.17) is 4.74 Å². The quantitative estimate of drug-likeness (QED) is 0.568. The van der Waals surface area contributed by atoms with Gasteiger partial charge in [0, 0.05) is 51.7 Å². The molecule has 1 saturated heterocycles. The summed E-state index contributed by atoms with van der Waals surface area (Å²) in [5, 5.41) is 10.2. The summed E-state index contributed by atoms with van der Waals surface area (Å²) in [6.07, 6.45) is 6.51. The summed E-state index contributed by atoms with van der Waals surface area (Å²) in [5.74, 6) is 0.854. The number of nitrogens with one attached hydrogen (secondary N) is 2. The molecule has 1 aliphatic heterocycles. The van der Waals surface area contributed by atoms with Gasteiger partial charge in [0.2, 0.25) is 0 Å². The van der Waals surface area contributed by atoms with Crippen LogP contribution in [0.5, 0.6) is 0 Å². The molecule has 2 heterocycles. The first-order valence-electron chi connectivity index (χ1n) is 10.0. The van der Waals surface area contributed by atoms with Crippen LogP contribution in [0.3, 0.4) is 0 Å². The number of rotatable bonds is 6. The van der Waals surface area contributed by atoms with E-state index >= 15 is 0 Å². The summed E-state index contributed by atoms with van der Waals surface area (Å²) in [6, 6.07) is 0. The van der Waals surface area contributed by atoms with Crippen LogP contribution < -0.4 is 15.5 Å². The van der Waals surface area contributed by atoms with Crippen LogP contribution in [0.15, 0.2) is 10.4 Å². The highest BCUT2D eigenvalue weighted by molar-refractivity contribution is 7.13. The van der Waals surface area contributed by atoms with Crippen LogP contribution in [-0.4, -0.2) is 75.4 Å². The molecular formula is C19H34N6OS. The largest absolute Gasteiger partial charge is 0.379 e. The number of morpholine rings is 1. The molecule has 0 atom stereocenters. The van der Waals surface area contributed by atoms with E-state index in [0.29, 0.717) is 6.54 Å². The molecule has 0 unspecified atom stereocenters. The van der Waals surface area contributed by atoms with Crippen LogP contribution in [0.1, 0.15) is 37.8 Å². The highest BCUT2D eigenvalue weighted by Crippen LogP contribution is 2.33. The minimum Gasteiger partial charge on any atom is -0.379 e. The fourth-order valence-electron chi connectivity index (χ4n) is 4.08.